The van der Waals surface area contributed by atoms with Crippen LogP contribution in [-0.4, -0.2) is 43.7 Å². The highest BCUT2D eigenvalue weighted by Crippen LogP contribution is 2.40. The molecule has 176 valence electrons. The quantitative estimate of drug-likeness (QED) is 0.515. The first-order valence-electron chi connectivity index (χ1n) is 10.5. The van der Waals surface area contributed by atoms with Gasteiger partial charge in [0.1, 0.15) is 22.0 Å². The highest BCUT2D eigenvalue weighted by molar-refractivity contribution is 7.90. The van der Waals surface area contributed by atoms with Crippen LogP contribution in [0.15, 0.2) is 53.4 Å². The molecule has 1 aromatic heterocycles. The lowest BCUT2D eigenvalue weighted by Gasteiger charge is -2.15. The number of anilines is 1. The summed E-state index contributed by atoms with van der Waals surface area (Å²) in [7, 11) is -4.13. The first kappa shape index (κ1) is 23.7. The maximum Gasteiger partial charge on any atom is 0.341 e. The van der Waals surface area contributed by atoms with E-state index in [4.69, 9.17) is 4.74 Å². The monoisotopic (exact) mass is 498 g/mol. The highest BCUT2D eigenvalue weighted by Gasteiger charge is 2.42. The summed E-state index contributed by atoms with van der Waals surface area (Å²) in [6.45, 7) is 4.89. The Bertz CT molecular complexity index is 1410. The maximum absolute atomic E-state index is 12.9. The molecule has 4 rings (SSSR count). The third-order valence-corrected chi connectivity index (χ3v) is 8.16. The number of sulfonamides is 1. The number of hydrogen-bond acceptors (Lipinski definition) is 7. The fourth-order valence-electron chi connectivity index (χ4n) is 3.78. The number of nitrogens with zero attached hydrogens (tertiary/aromatic N) is 1. The topological polar surface area (TPSA) is 110 Å². The molecule has 2 aromatic carbocycles. The molecule has 0 spiro atoms. The van der Waals surface area contributed by atoms with Crippen LogP contribution in [0.5, 0.6) is 0 Å². The van der Waals surface area contributed by atoms with Crippen molar-refractivity contribution in [1.82, 2.24) is 4.31 Å². The van der Waals surface area contributed by atoms with Gasteiger partial charge in [-0.3, -0.25) is 9.59 Å². The number of amides is 2. The second kappa shape index (κ2) is 9.03. The van der Waals surface area contributed by atoms with Crippen molar-refractivity contribution >= 4 is 44.1 Å². The van der Waals surface area contributed by atoms with Crippen molar-refractivity contribution in [3.8, 4) is 11.1 Å². The molecule has 10 heteroatoms. The number of ether oxygens (including phenoxy) is 1. The zero-order valence-corrected chi connectivity index (χ0v) is 20.4. The number of carbonyl (C=O) groups is 3. The molecule has 2 heterocycles. The van der Waals surface area contributed by atoms with Crippen LogP contribution in [-0.2, 0) is 19.6 Å². The van der Waals surface area contributed by atoms with Crippen LogP contribution in [0, 0.1) is 13.8 Å². The number of nitrogens with one attached hydrogen (secondary N) is 1. The van der Waals surface area contributed by atoms with Crippen LogP contribution in [0.4, 0.5) is 5.00 Å². The van der Waals surface area contributed by atoms with Gasteiger partial charge in [-0.15, -0.1) is 11.3 Å². The van der Waals surface area contributed by atoms with E-state index in [1.165, 1.54) is 29.5 Å². The molecule has 3 aromatic rings. The summed E-state index contributed by atoms with van der Waals surface area (Å²) in [6.07, 6.45) is 0. The number of hydrogen-bond donors (Lipinski definition) is 1. The molecule has 0 radical (unpaired) electrons. The van der Waals surface area contributed by atoms with Gasteiger partial charge in [0.25, 0.3) is 15.9 Å². The molecule has 34 heavy (non-hydrogen) atoms. The maximum atomic E-state index is 12.9. The van der Waals surface area contributed by atoms with Crippen LogP contribution < -0.4 is 5.32 Å². The minimum Gasteiger partial charge on any atom is -0.462 e. The Hall–Kier alpha value is -3.50. The molecule has 0 saturated heterocycles. The van der Waals surface area contributed by atoms with Gasteiger partial charge in [-0.25, -0.2) is 17.5 Å². The zero-order chi connectivity index (χ0) is 24.6. The Morgan fingerprint density at radius 2 is 1.74 bits per heavy atom. The Balaban J connectivity index is 1.66. The molecule has 1 N–H and O–H groups in total. The smallest absolute Gasteiger partial charge is 0.341 e. The summed E-state index contributed by atoms with van der Waals surface area (Å²) < 4.78 is 31.3. The van der Waals surface area contributed by atoms with Gasteiger partial charge in [0, 0.05) is 10.4 Å². The third kappa shape index (κ3) is 4.10. The van der Waals surface area contributed by atoms with E-state index in [-0.39, 0.29) is 27.6 Å². The normalized spacial score (nSPS) is 14.1. The Labute approximate surface area is 201 Å². The van der Waals surface area contributed by atoms with Crippen LogP contribution in [0.3, 0.4) is 0 Å². The molecule has 0 saturated carbocycles. The Morgan fingerprint density at radius 3 is 2.38 bits per heavy atom. The van der Waals surface area contributed by atoms with E-state index < -0.39 is 34.4 Å². The molecule has 0 atom stereocenters. The minimum absolute atomic E-state index is 0.0242. The standard InChI is InChI=1S/C24H22N2O6S2/c1-4-32-24(29)21-20(16-11-9-14(2)10-12-16)15(3)33-22(21)25-19(27)13-26-23(28)17-7-5-6-8-18(17)34(26,30)31/h5-12H,4,13H2,1-3H3,(H,25,27). The summed E-state index contributed by atoms with van der Waals surface area (Å²) in [5, 5.41) is 2.86. The SMILES string of the molecule is CCOC(=O)c1c(NC(=O)CN2C(=O)c3ccccc3S2(=O)=O)sc(C)c1-c1ccc(C)cc1. The fourth-order valence-corrected chi connectivity index (χ4v) is 6.39. The Morgan fingerprint density at radius 1 is 1.06 bits per heavy atom. The number of thiophene rings is 1. The van der Waals surface area contributed by atoms with E-state index in [0.717, 1.165) is 16.0 Å². The second-order valence-corrected chi connectivity index (χ2v) is 10.7. The molecule has 0 unspecified atom stereocenters. The van der Waals surface area contributed by atoms with Gasteiger partial charge in [0.2, 0.25) is 5.91 Å². The number of fused-ring (bicyclic) bond motifs is 1. The number of benzene rings is 2. The van der Waals surface area contributed by atoms with Crippen molar-refractivity contribution in [2.75, 3.05) is 18.5 Å². The van der Waals surface area contributed by atoms with Crippen molar-refractivity contribution < 1.29 is 27.5 Å². The third-order valence-electron chi connectivity index (χ3n) is 5.36. The molecular formula is C24H22N2O6S2. The summed E-state index contributed by atoms with van der Waals surface area (Å²) >= 11 is 1.18. The molecule has 1 aliphatic heterocycles. The second-order valence-electron chi connectivity index (χ2n) is 7.69. The largest absolute Gasteiger partial charge is 0.462 e. The van der Waals surface area contributed by atoms with Crippen LogP contribution in [0.1, 0.15) is 38.1 Å². The van der Waals surface area contributed by atoms with Crippen LogP contribution in [0.2, 0.25) is 0 Å². The van der Waals surface area contributed by atoms with Crippen molar-refractivity contribution in [1.29, 1.82) is 0 Å². The molecular weight excluding hydrogens is 476 g/mol. The summed E-state index contributed by atoms with van der Waals surface area (Å²) in [5.74, 6) is -2.11. The van der Waals surface area contributed by atoms with Crippen molar-refractivity contribution in [3.63, 3.8) is 0 Å². The number of carbonyl (C=O) groups excluding carboxylic acids is 3. The first-order chi connectivity index (χ1) is 16.1. The molecule has 8 nitrogen and oxygen atoms in total. The lowest BCUT2D eigenvalue weighted by molar-refractivity contribution is -0.116. The van der Waals surface area contributed by atoms with E-state index in [1.807, 2.05) is 38.1 Å². The Kier molecular flexibility index (Phi) is 6.28. The molecule has 1 aliphatic rings. The van der Waals surface area contributed by atoms with Gasteiger partial charge in [0.05, 0.1) is 12.2 Å². The van der Waals surface area contributed by atoms with E-state index >= 15 is 0 Å². The molecule has 2 amide bonds. The van der Waals surface area contributed by atoms with Gasteiger partial charge in [-0.05, 0) is 38.5 Å². The van der Waals surface area contributed by atoms with E-state index in [9.17, 15) is 22.8 Å². The van der Waals surface area contributed by atoms with Crippen LogP contribution in [0.25, 0.3) is 11.1 Å². The lowest BCUT2D eigenvalue weighted by Crippen LogP contribution is -2.37. The molecule has 0 bridgehead atoms. The highest BCUT2D eigenvalue weighted by atomic mass is 32.2. The van der Waals surface area contributed by atoms with Gasteiger partial charge < -0.3 is 10.1 Å². The fraction of sp³-hybridized carbons (Fsp3) is 0.208. The average molecular weight is 499 g/mol. The summed E-state index contributed by atoms with van der Waals surface area (Å²) in [5.41, 5.74) is 2.70. The van der Waals surface area contributed by atoms with Crippen molar-refractivity contribution in [2.45, 2.75) is 25.7 Å². The predicted octanol–water partition coefficient (Wildman–Crippen LogP) is 3.99. The number of esters is 1. The number of rotatable bonds is 6. The van der Waals surface area contributed by atoms with Crippen LogP contribution >= 0.6 is 11.3 Å². The summed E-state index contributed by atoms with van der Waals surface area (Å²) in [4.78, 5) is 39.0. The minimum atomic E-state index is -4.13. The lowest BCUT2D eigenvalue weighted by atomic mass is 10.0. The van der Waals surface area contributed by atoms with Crippen molar-refractivity contribution in [2.24, 2.45) is 0 Å². The first-order valence-corrected chi connectivity index (χ1v) is 12.7. The summed E-state index contributed by atoms with van der Waals surface area (Å²) in [6, 6.07) is 13.4. The molecule has 0 fully saturated rings. The average Bonchev–Trinajstić information content (AvgIpc) is 3.21. The van der Waals surface area contributed by atoms with E-state index in [1.54, 1.807) is 13.0 Å². The number of aryl methyl sites for hydroxylation is 2. The zero-order valence-electron chi connectivity index (χ0n) is 18.7. The predicted molar refractivity (Wildman–Crippen MR) is 128 cm³/mol. The van der Waals surface area contributed by atoms with Gasteiger partial charge in [0.15, 0.2) is 0 Å². The molecule has 0 aliphatic carbocycles. The van der Waals surface area contributed by atoms with Gasteiger partial charge in [-0.1, -0.05) is 42.0 Å². The van der Waals surface area contributed by atoms with Gasteiger partial charge in [-0.2, -0.15) is 0 Å². The van der Waals surface area contributed by atoms with E-state index in [2.05, 4.69) is 5.32 Å². The van der Waals surface area contributed by atoms with Gasteiger partial charge >= 0.3 is 5.97 Å². The van der Waals surface area contributed by atoms with E-state index in [0.29, 0.717) is 9.87 Å². The van der Waals surface area contributed by atoms with Crippen molar-refractivity contribution in [3.05, 3.63) is 70.1 Å².